The molecule has 3 rings (SSSR count). The summed E-state index contributed by atoms with van der Waals surface area (Å²) >= 11 is 0. The summed E-state index contributed by atoms with van der Waals surface area (Å²) < 4.78 is 5.70. The number of nitrogen functional groups attached to an aromatic ring is 1. The first-order chi connectivity index (χ1) is 9.16. The molecule has 2 aromatic rings. The van der Waals surface area contributed by atoms with Crippen LogP contribution in [0.25, 0.3) is 10.9 Å². The molecule has 1 aliphatic heterocycles. The molecule has 0 bridgehead atoms. The molecule has 1 fully saturated rings. The first-order valence-electron chi connectivity index (χ1n) is 6.68. The molecule has 1 aromatic heterocycles. The molecule has 1 aliphatic rings. The molecule has 2 heterocycles. The summed E-state index contributed by atoms with van der Waals surface area (Å²) in [5, 5.41) is 1.11. The highest BCUT2D eigenvalue weighted by Gasteiger charge is 2.25. The van der Waals surface area contributed by atoms with Crippen LogP contribution in [0, 0.1) is 0 Å². The molecule has 2 N–H and O–H groups in total. The third-order valence-corrected chi connectivity index (χ3v) is 3.70. The second-order valence-electron chi connectivity index (χ2n) is 5.22. The maximum absolute atomic E-state index is 6.01. The zero-order chi connectivity index (χ0) is 13.4. The van der Waals surface area contributed by atoms with Crippen LogP contribution >= 0.6 is 0 Å². The van der Waals surface area contributed by atoms with Crippen LogP contribution in [0.3, 0.4) is 0 Å². The molecule has 2 atom stereocenters. The Balaban J connectivity index is 2.11. The number of morpholine rings is 1. The molecule has 4 heteroatoms. The fraction of sp³-hybridized carbons (Fsp3) is 0.400. The van der Waals surface area contributed by atoms with Crippen LogP contribution in [-0.2, 0) is 4.74 Å². The topological polar surface area (TPSA) is 51.4 Å². The van der Waals surface area contributed by atoms with Crippen LogP contribution < -0.4 is 10.6 Å². The van der Waals surface area contributed by atoms with Gasteiger partial charge in [-0.1, -0.05) is 12.1 Å². The van der Waals surface area contributed by atoms with Crippen LogP contribution in [0.5, 0.6) is 0 Å². The van der Waals surface area contributed by atoms with E-state index in [9.17, 15) is 0 Å². The number of aromatic nitrogens is 1. The van der Waals surface area contributed by atoms with E-state index in [2.05, 4.69) is 35.9 Å². The molecular formula is C15H19N3O. The molecule has 19 heavy (non-hydrogen) atoms. The van der Waals surface area contributed by atoms with Crippen molar-refractivity contribution in [3.05, 3.63) is 30.5 Å². The predicted octanol–water partition coefficient (Wildman–Crippen LogP) is 2.43. The van der Waals surface area contributed by atoms with E-state index < -0.39 is 0 Å². The molecule has 1 aromatic carbocycles. The van der Waals surface area contributed by atoms with Crippen LogP contribution in [0.4, 0.5) is 11.4 Å². The van der Waals surface area contributed by atoms with Crippen molar-refractivity contribution in [2.45, 2.75) is 26.0 Å². The van der Waals surface area contributed by atoms with Crippen molar-refractivity contribution in [3.63, 3.8) is 0 Å². The van der Waals surface area contributed by atoms with Gasteiger partial charge in [-0.15, -0.1) is 0 Å². The highest BCUT2D eigenvalue weighted by molar-refractivity contribution is 5.98. The highest BCUT2D eigenvalue weighted by atomic mass is 16.5. The minimum Gasteiger partial charge on any atom is -0.397 e. The van der Waals surface area contributed by atoms with Crippen molar-refractivity contribution in [3.8, 4) is 0 Å². The number of benzene rings is 1. The lowest BCUT2D eigenvalue weighted by Gasteiger charge is -2.39. The molecule has 0 spiro atoms. The van der Waals surface area contributed by atoms with Gasteiger partial charge >= 0.3 is 0 Å². The van der Waals surface area contributed by atoms with Crippen molar-refractivity contribution in [2.75, 3.05) is 23.8 Å². The van der Waals surface area contributed by atoms with E-state index in [-0.39, 0.29) is 6.10 Å². The zero-order valence-corrected chi connectivity index (χ0v) is 11.3. The number of rotatable bonds is 1. The highest BCUT2D eigenvalue weighted by Crippen LogP contribution is 2.31. The number of nitrogens with zero attached hydrogens (tertiary/aromatic N) is 2. The van der Waals surface area contributed by atoms with E-state index in [0.29, 0.717) is 6.04 Å². The number of nitrogens with two attached hydrogens (primary N) is 1. The smallest absolute Gasteiger partial charge is 0.0951 e. The number of anilines is 2. The minimum absolute atomic E-state index is 0.250. The van der Waals surface area contributed by atoms with Crippen molar-refractivity contribution >= 4 is 22.3 Å². The average molecular weight is 257 g/mol. The first kappa shape index (κ1) is 12.2. The normalized spacial score (nSPS) is 23.8. The van der Waals surface area contributed by atoms with Gasteiger partial charge in [-0.05, 0) is 26.0 Å². The number of hydrogen-bond donors (Lipinski definition) is 1. The summed E-state index contributed by atoms with van der Waals surface area (Å²) in [5.41, 5.74) is 8.82. The summed E-state index contributed by atoms with van der Waals surface area (Å²) in [6.45, 7) is 5.95. The Morgan fingerprint density at radius 3 is 3.00 bits per heavy atom. The van der Waals surface area contributed by atoms with Crippen LogP contribution in [0.15, 0.2) is 30.5 Å². The van der Waals surface area contributed by atoms with Gasteiger partial charge in [0.2, 0.25) is 0 Å². The lowest BCUT2D eigenvalue weighted by molar-refractivity contribution is 0.0345. The monoisotopic (exact) mass is 257 g/mol. The number of para-hydroxylation sites is 1. The van der Waals surface area contributed by atoms with E-state index >= 15 is 0 Å². The Bertz CT molecular complexity index is 599. The van der Waals surface area contributed by atoms with E-state index in [1.807, 2.05) is 18.3 Å². The molecule has 0 radical (unpaired) electrons. The largest absolute Gasteiger partial charge is 0.397 e. The third kappa shape index (κ3) is 2.12. The van der Waals surface area contributed by atoms with Crippen LogP contribution in [-0.4, -0.2) is 30.3 Å². The van der Waals surface area contributed by atoms with Crippen molar-refractivity contribution in [1.29, 1.82) is 0 Å². The quantitative estimate of drug-likeness (QED) is 0.797. The van der Waals surface area contributed by atoms with Crippen LogP contribution in [0.1, 0.15) is 13.8 Å². The van der Waals surface area contributed by atoms with Gasteiger partial charge in [0.05, 0.1) is 23.9 Å². The van der Waals surface area contributed by atoms with E-state index in [1.54, 1.807) is 0 Å². The van der Waals surface area contributed by atoms with Crippen LogP contribution in [0.2, 0.25) is 0 Å². The maximum atomic E-state index is 6.01. The molecule has 0 saturated carbocycles. The SMILES string of the molecule is CC1CN(c2ccnc3c(N)cccc23)C(C)CO1. The van der Waals surface area contributed by atoms with E-state index in [4.69, 9.17) is 10.5 Å². The number of hydrogen-bond acceptors (Lipinski definition) is 4. The number of fused-ring (bicyclic) bond motifs is 1. The second-order valence-corrected chi connectivity index (χ2v) is 5.22. The summed E-state index contributed by atoms with van der Waals surface area (Å²) in [6, 6.07) is 8.39. The predicted molar refractivity (Wildman–Crippen MR) is 78.4 cm³/mol. The summed E-state index contributed by atoms with van der Waals surface area (Å²) in [4.78, 5) is 6.78. The van der Waals surface area contributed by atoms with Crippen molar-refractivity contribution in [1.82, 2.24) is 4.98 Å². The van der Waals surface area contributed by atoms with Gasteiger partial charge in [-0.25, -0.2) is 0 Å². The van der Waals surface area contributed by atoms with Gasteiger partial charge in [-0.3, -0.25) is 4.98 Å². The van der Waals surface area contributed by atoms with E-state index in [0.717, 1.165) is 29.7 Å². The standard InChI is InChI=1S/C15H19N3O/c1-10-9-19-11(2)8-18(10)14-6-7-17-15-12(14)4-3-5-13(15)16/h3-7,10-11H,8-9,16H2,1-2H3. The average Bonchev–Trinajstić information content (AvgIpc) is 2.42. The molecule has 0 aliphatic carbocycles. The minimum atomic E-state index is 0.250. The third-order valence-electron chi connectivity index (χ3n) is 3.70. The zero-order valence-electron chi connectivity index (χ0n) is 11.3. The molecular weight excluding hydrogens is 238 g/mol. The lowest BCUT2D eigenvalue weighted by atomic mass is 10.1. The maximum Gasteiger partial charge on any atom is 0.0951 e. The van der Waals surface area contributed by atoms with Gasteiger partial charge in [0.1, 0.15) is 0 Å². The van der Waals surface area contributed by atoms with Gasteiger partial charge in [0, 0.05) is 29.9 Å². The molecule has 4 nitrogen and oxygen atoms in total. The Hall–Kier alpha value is -1.81. The lowest BCUT2D eigenvalue weighted by Crippen LogP contribution is -2.47. The summed E-state index contributed by atoms with van der Waals surface area (Å²) in [6.07, 6.45) is 2.08. The summed E-state index contributed by atoms with van der Waals surface area (Å²) in [7, 11) is 0. The molecule has 1 saturated heterocycles. The van der Waals surface area contributed by atoms with Crippen molar-refractivity contribution in [2.24, 2.45) is 0 Å². The number of pyridine rings is 1. The molecule has 2 unspecified atom stereocenters. The van der Waals surface area contributed by atoms with Gasteiger partial charge < -0.3 is 15.4 Å². The Morgan fingerprint density at radius 2 is 2.16 bits per heavy atom. The van der Waals surface area contributed by atoms with Gasteiger partial charge in [-0.2, -0.15) is 0 Å². The first-order valence-corrected chi connectivity index (χ1v) is 6.68. The van der Waals surface area contributed by atoms with Crippen molar-refractivity contribution < 1.29 is 4.74 Å². The fourth-order valence-electron chi connectivity index (χ4n) is 2.67. The summed E-state index contributed by atoms with van der Waals surface area (Å²) in [5.74, 6) is 0. The number of ether oxygens (including phenoxy) is 1. The Labute approximate surface area is 113 Å². The molecule has 100 valence electrons. The van der Waals surface area contributed by atoms with Gasteiger partial charge in [0.15, 0.2) is 0 Å². The fourth-order valence-corrected chi connectivity index (χ4v) is 2.67. The second kappa shape index (κ2) is 4.70. The molecule has 0 amide bonds. The Morgan fingerprint density at radius 1 is 1.32 bits per heavy atom. The van der Waals surface area contributed by atoms with Gasteiger partial charge in [0.25, 0.3) is 0 Å². The Kier molecular flexibility index (Phi) is 3.03. The van der Waals surface area contributed by atoms with E-state index in [1.165, 1.54) is 5.69 Å².